The quantitative estimate of drug-likeness (QED) is 0.328. The lowest BCUT2D eigenvalue weighted by Gasteiger charge is -2.36. The summed E-state index contributed by atoms with van der Waals surface area (Å²) >= 11 is 0. The molecule has 5 rings (SSSR count). The Morgan fingerprint density at radius 1 is 1.07 bits per heavy atom. The van der Waals surface area contributed by atoms with Crippen molar-refractivity contribution >= 4 is 17.5 Å². The van der Waals surface area contributed by atoms with Crippen molar-refractivity contribution < 1.29 is 22.7 Å². The van der Waals surface area contributed by atoms with Gasteiger partial charge >= 0.3 is 12.3 Å². The van der Waals surface area contributed by atoms with E-state index in [0.717, 1.165) is 56.2 Å². The van der Waals surface area contributed by atoms with Gasteiger partial charge in [-0.3, -0.25) is 20.2 Å². The summed E-state index contributed by atoms with van der Waals surface area (Å²) in [5.41, 5.74) is 2.83. The SMILES string of the molecule is Cc1ncc(NC(=O)Oc2cc(C(F)(F)F)ccn2)cc1-n1cc(-c2cncc(N3CCN(CC(C)C)CC3)c2)nn1. The average molecular weight is 582 g/mol. The van der Waals surface area contributed by atoms with Gasteiger partial charge in [0.25, 0.3) is 0 Å². The molecule has 1 N–H and O–H groups in total. The zero-order valence-electron chi connectivity index (χ0n) is 23.3. The number of nitrogens with zero attached hydrogens (tertiary/aromatic N) is 8. The number of carbonyl (C=O) groups is 1. The fourth-order valence-electron chi connectivity index (χ4n) is 4.66. The standard InChI is InChI=1S/C28H30F3N9O2/c1-18(2)16-38-6-8-39(9-7-38)23-10-20(13-32-15-23)24-17-40(37-36-24)25-12-22(14-34-19(25)3)35-27(41)42-26-11-21(4-5-33-26)28(29,30)31/h4-5,10-15,17-18H,6-9,16H2,1-3H3,(H,35,41). The molecular formula is C28H30F3N9O2. The van der Waals surface area contributed by atoms with E-state index in [1.807, 2.05) is 12.3 Å². The number of hydrogen-bond donors (Lipinski definition) is 1. The molecule has 42 heavy (non-hydrogen) atoms. The van der Waals surface area contributed by atoms with Crippen LogP contribution in [0.15, 0.2) is 55.2 Å². The zero-order chi connectivity index (χ0) is 29.9. The molecule has 1 saturated heterocycles. The lowest BCUT2D eigenvalue weighted by molar-refractivity contribution is -0.137. The molecule has 1 amide bonds. The van der Waals surface area contributed by atoms with E-state index < -0.39 is 23.7 Å². The van der Waals surface area contributed by atoms with Gasteiger partial charge in [0.1, 0.15) is 5.69 Å². The monoisotopic (exact) mass is 581 g/mol. The van der Waals surface area contributed by atoms with Crippen molar-refractivity contribution in [1.82, 2.24) is 34.8 Å². The summed E-state index contributed by atoms with van der Waals surface area (Å²) in [6, 6.07) is 5.08. The molecule has 5 heterocycles. The van der Waals surface area contributed by atoms with Gasteiger partial charge in [-0.2, -0.15) is 13.2 Å². The Kier molecular flexibility index (Phi) is 8.34. The maximum Gasteiger partial charge on any atom is 0.418 e. The first-order valence-electron chi connectivity index (χ1n) is 13.4. The molecule has 0 radical (unpaired) electrons. The lowest BCUT2D eigenvalue weighted by atomic mass is 10.1. The van der Waals surface area contributed by atoms with Crippen molar-refractivity contribution in [2.45, 2.75) is 26.9 Å². The topological polar surface area (TPSA) is 114 Å². The second-order valence-electron chi connectivity index (χ2n) is 10.4. The molecule has 0 aliphatic carbocycles. The first-order valence-corrected chi connectivity index (χ1v) is 13.4. The van der Waals surface area contributed by atoms with Crippen molar-refractivity contribution in [2.75, 3.05) is 42.9 Å². The molecule has 1 fully saturated rings. The number of nitrogens with one attached hydrogen (secondary N) is 1. The Hall–Kier alpha value is -4.59. The molecule has 14 heteroatoms. The number of pyridine rings is 3. The number of hydrogen-bond acceptors (Lipinski definition) is 9. The predicted molar refractivity (Wildman–Crippen MR) is 149 cm³/mol. The molecule has 4 aromatic rings. The summed E-state index contributed by atoms with van der Waals surface area (Å²) in [5, 5.41) is 11.0. The maximum absolute atomic E-state index is 12.9. The van der Waals surface area contributed by atoms with Crippen molar-refractivity contribution in [1.29, 1.82) is 0 Å². The Labute approximate surface area is 240 Å². The summed E-state index contributed by atoms with van der Waals surface area (Å²) in [5.74, 6) is 0.145. The average Bonchev–Trinajstić information content (AvgIpc) is 3.44. The van der Waals surface area contributed by atoms with E-state index in [1.54, 1.807) is 25.4 Å². The number of aryl methyl sites for hydroxylation is 1. The van der Waals surface area contributed by atoms with Crippen LogP contribution in [0.1, 0.15) is 25.1 Å². The van der Waals surface area contributed by atoms with Gasteiger partial charge in [-0.25, -0.2) is 14.5 Å². The highest BCUT2D eigenvalue weighted by molar-refractivity contribution is 5.86. The Bertz CT molecular complexity index is 1550. The van der Waals surface area contributed by atoms with Crippen LogP contribution in [0.3, 0.4) is 0 Å². The smallest absolute Gasteiger partial charge is 0.391 e. The van der Waals surface area contributed by atoms with Crippen LogP contribution in [-0.4, -0.2) is 73.7 Å². The summed E-state index contributed by atoms with van der Waals surface area (Å²) in [6.07, 6.45) is 2.01. The van der Waals surface area contributed by atoms with Gasteiger partial charge in [0.15, 0.2) is 0 Å². The largest absolute Gasteiger partial charge is 0.418 e. The van der Waals surface area contributed by atoms with Crippen LogP contribution in [0, 0.1) is 12.8 Å². The molecule has 1 aliphatic heterocycles. The van der Waals surface area contributed by atoms with Crippen molar-refractivity contribution in [2.24, 2.45) is 5.92 Å². The molecule has 4 aromatic heterocycles. The van der Waals surface area contributed by atoms with Gasteiger partial charge in [0.2, 0.25) is 5.88 Å². The lowest BCUT2D eigenvalue weighted by Crippen LogP contribution is -2.47. The van der Waals surface area contributed by atoms with Gasteiger partial charge < -0.3 is 9.64 Å². The highest BCUT2D eigenvalue weighted by Crippen LogP contribution is 2.30. The zero-order valence-corrected chi connectivity index (χ0v) is 23.3. The minimum absolute atomic E-state index is 0.241. The number of aromatic nitrogens is 6. The second kappa shape index (κ2) is 12.1. The second-order valence-corrected chi connectivity index (χ2v) is 10.4. The summed E-state index contributed by atoms with van der Waals surface area (Å²) in [6.45, 7) is 11.2. The Morgan fingerprint density at radius 2 is 1.86 bits per heavy atom. The third-order valence-corrected chi connectivity index (χ3v) is 6.69. The molecule has 1 aliphatic rings. The van der Waals surface area contributed by atoms with Crippen molar-refractivity contribution in [3.05, 3.63) is 66.5 Å². The van der Waals surface area contributed by atoms with E-state index in [4.69, 9.17) is 4.74 Å². The molecule has 0 atom stereocenters. The van der Waals surface area contributed by atoms with Crippen LogP contribution < -0.4 is 15.0 Å². The first-order chi connectivity index (χ1) is 20.0. The van der Waals surface area contributed by atoms with Gasteiger partial charge in [-0.05, 0) is 31.0 Å². The number of ether oxygens (including phenoxy) is 1. The van der Waals surface area contributed by atoms with Crippen LogP contribution in [0.2, 0.25) is 0 Å². The third-order valence-electron chi connectivity index (χ3n) is 6.69. The molecule has 220 valence electrons. The van der Waals surface area contributed by atoms with Crippen LogP contribution >= 0.6 is 0 Å². The number of halogens is 3. The van der Waals surface area contributed by atoms with Crippen molar-refractivity contribution in [3.63, 3.8) is 0 Å². The summed E-state index contributed by atoms with van der Waals surface area (Å²) < 4.78 is 45.3. The number of rotatable bonds is 7. The molecule has 0 unspecified atom stereocenters. The Balaban J connectivity index is 1.27. The van der Waals surface area contributed by atoms with Crippen LogP contribution in [0.4, 0.5) is 29.3 Å². The highest BCUT2D eigenvalue weighted by atomic mass is 19.4. The molecule has 0 spiro atoms. The molecule has 11 nitrogen and oxygen atoms in total. The number of amides is 1. The number of carbonyl (C=O) groups excluding carboxylic acids is 1. The highest BCUT2D eigenvalue weighted by Gasteiger charge is 2.31. The van der Waals surface area contributed by atoms with Gasteiger partial charge in [0, 0.05) is 56.7 Å². The van der Waals surface area contributed by atoms with Crippen LogP contribution in [0.5, 0.6) is 5.88 Å². The molecule has 0 saturated carbocycles. The normalized spacial score (nSPS) is 14.3. The summed E-state index contributed by atoms with van der Waals surface area (Å²) in [4.78, 5) is 29.5. The molecular weight excluding hydrogens is 551 g/mol. The molecule has 0 bridgehead atoms. The van der Waals surface area contributed by atoms with Crippen LogP contribution in [0.25, 0.3) is 16.9 Å². The first kappa shape index (κ1) is 28.9. The number of alkyl halides is 3. The molecule has 0 aromatic carbocycles. The fourth-order valence-corrected chi connectivity index (χ4v) is 4.66. The Morgan fingerprint density at radius 3 is 2.60 bits per heavy atom. The van der Waals surface area contributed by atoms with E-state index in [0.29, 0.717) is 29.1 Å². The van der Waals surface area contributed by atoms with Gasteiger partial charge in [-0.1, -0.05) is 19.1 Å². The van der Waals surface area contributed by atoms with Gasteiger partial charge in [-0.15, -0.1) is 5.10 Å². The van der Waals surface area contributed by atoms with Crippen LogP contribution in [-0.2, 0) is 6.18 Å². The van der Waals surface area contributed by atoms with E-state index in [1.165, 1.54) is 10.9 Å². The van der Waals surface area contributed by atoms with E-state index >= 15 is 0 Å². The van der Waals surface area contributed by atoms with E-state index in [-0.39, 0.29) is 5.69 Å². The van der Waals surface area contributed by atoms with E-state index in [9.17, 15) is 18.0 Å². The minimum atomic E-state index is -4.59. The summed E-state index contributed by atoms with van der Waals surface area (Å²) in [7, 11) is 0. The maximum atomic E-state index is 12.9. The predicted octanol–water partition coefficient (Wildman–Crippen LogP) is 4.84. The van der Waals surface area contributed by atoms with E-state index in [2.05, 4.69) is 54.2 Å². The third kappa shape index (κ3) is 7.00. The van der Waals surface area contributed by atoms with Crippen molar-refractivity contribution in [3.8, 4) is 22.8 Å². The fraction of sp³-hybridized carbons (Fsp3) is 0.357. The number of piperazine rings is 1. The van der Waals surface area contributed by atoms with Gasteiger partial charge in [0.05, 0.1) is 46.9 Å². The number of anilines is 2. The minimum Gasteiger partial charge on any atom is -0.391 e.